The normalized spacial score (nSPS) is 32.0. The maximum absolute atomic E-state index is 10.7. The third-order valence-corrected chi connectivity index (χ3v) is 3.87. The fourth-order valence-corrected chi connectivity index (χ4v) is 2.20. The quantitative estimate of drug-likeness (QED) is 0.295. The van der Waals surface area contributed by atoms with Crippen molar-refractivity contribution in [2.75, 3.05) is 13.2 Å². The Kier molecular flexibility index (Phi) is 8.54. The molecule has 1 heterocycles. The van der Waals surface area contributed by atoms with Gasteiger partial charge in [0.05, 0.1) is 13.2 Å². The first-order valence-electron chi connectivity index (χ1n) is 7.75. The van der Waals surface area contributed by atoms with Crippen molar-refractivity contribution in [3.05, 3.63) is 23.3 Å². The molecule has 5 N–H and O–H groups in total. The molecule has 0 aromatic carbocycles. The fourth-order valence-electron chi connectivity index (χ4n) is 2.20. The second kappa shape index (κ2) is 9.87. The summed E-state index contributed by atoms with van der Waals surface area (Å²) in [5.41, 5.74) is 1.26. The Labute approximate surface area is 140 Å². The Morgan fingerprint density at radius 1 is 1.12 bits per heavy atom. The molecule has 0 unspecified atom stereocenters. The molecular formula is C16H26O8. The molecule has 138 valence electrons. The molecule has 1 aliphatic heterocycles. The van der Waals surface area contributed by atoms with Crippen LogP contribution in [0.5, 0.6) is 0 Å². The number of carboxylic acids is 1. The average molecular weight is 346 g/mol. The predicted octanol–water partition coefficient (Wildman–Crippen LogP) is -0.440. The maximum Gasteiger partial charge on any atom is 0.330 e. The summed E-state index contributed by atoms with van der Waals surface area (Å²) >= 11 is 0. The van der Waals surface area contributed by atoms with E-state index in [9.17, 15) is 20.1 Å². The van der Waals surface area contributed by atoms with Crippen LogP contribution in [0, 0.1) is 0 Å². The van der Waals surface area contributed by atoms with Crippen molar-refractivity contribution in [1.29, 1.82) is 0 Å². The minimum Gasteiger partial charge on any atom is -0.478 e. The van der Waals surface area contributed by atoms with E-state index in [1.54, 1.807) is 12.2 Å². The van der Waals surface area contributed by atoms with E-state index >= 15 is 0 Å². The van der Waals surface area contributed by atoms with Gasteiger partial charge in [0.2, 0.25) is 0 Å². The molecule has 1 saturated heterocycles. The number of hydrogen-bond donors (Lipinski definition) is 5. The molecule has 0 bridgehead atoms. The van der Waals surface area contributed by atoms with Gasteiger partial charge in [0.25, 0.3) is 0 Å². The molecule has 0 aliphatic carbocycles. The summed E-state index contributed by atoms with van der Waals surface area (Å²) in [4.78, 5) is 10.7. The number of rotatable bonds is 8. The molecule has 0 spiro atoms. The van der Waals surface area contributed by atoms with Gasteiger partial charge in [0.15, 0.2) is 6.29 Å². The van der Waals surface area contributed by atoms with Gasteiger partial charge < -0.3 is 35.0 Å². The zero-order chi connectivity index (χ0) is 18.3. The first kappa shape index (κ1) is 20.8. The largest absolute Gasteiger partial charge is 0.478 e. The van der Waals surface area contributed by atoms with Gasteiger partial charge in [-0.05, 0) is 26.7 Å². The van der Waals surface area contributed by atoms with Crippen LogP contribution in [0.3, 0.4) is 0 Å². The molecule has 8 nitrogen and oxygen atoms in total. The highest BCUT2D eigenvalue weighted by Gasteiger charge is 2.43. The van der Waals surface area contributed by atoms with Crippen LogP contribution in [-0.4, -0.2) is 75.4 Å². The van der Waals surface area contributed by atoms with Gasteiger partial charge >= 0.3 is 5.97 Å². The summed E-state index contributed by atoms with van der Waals surface area (Å²) < 4.78 is 10.6. The Balaban J connectivity index is 2.44. The third kappa shape index (κ3) is 5.97. The van der Waals surface area contributed by atoms with Crippen molar-refractivity contribution in [2.24, 2.45) is 0 Å². The van der Waals surface area contributed by atoms with Crippen molar-refractivity contribution in [2.45, 2.75) is 57.4 Å². The summed E-state index contributed by atoms with van der Waals surface area (Å²) in [5, 5.41) is 47.0. The van der Waals surface area contributed by atoms with Crippen LogP contribution in [-0.2, 0) is 14.3 Å². The molecule has 0 aromatic rings. The summed E-state index contributed by atoms with van der Waals surface area (Å²) in [6.07, 6.45) is -1.81. The van der Waals surface area contributed by atoms with Gasteiger partial charge in [0.1, 0.15) is 24.4 Å². The molecule has 1 aliphatic rings. The Hall–Kier alpha value is -1.29. The SMILES string of the molecule is C/C(=C/CO[C@@H]1O[C@H](CO)[C@@H](O)[C@H](O)[C@H]1O)CC/C=C(\C)C(=O)O. The van der Waals surface area contributed by atoms with Gasteiger partial charge in [-0.2, -0.15) is 0 Å². The topological polar surface area (TPSA) is 137 Å². The second-order valence-electron chi connectivity index (χ2n) is 5.81. The number of carboxylic acid groups (broad SMARTS) is 1. The second-order valence-corrected chi connectivity index (χ2v) is 5.81. The van der Waals surface area contributed by atoms with Gasteiger partial charge in [-0.25, -0.2) is 4.79 Å². The Bertz CT molecular complexity index is 471. The van der Waals surface area contributed by atoms with Crippen LogP contribution in [0.2, 0.25) is 0 Å². The van der Waals surface area contributed by atoms with Gasteiger partial charge in [-0.3, -0.25) is 0 Å². The third-order valence-electron chi connectivity index (χ3n) is 3.87. The zero-order valence-corrected chi connectivity index (χ0v) is 13.8. The van der Waals surface area contributed by atoms with Crippen LogP contribution < -0.4 is 0 Å². The van der Waals surface area contributed by atoms with Crippen LogP contribution in [0.1, 0.15) is 26.7 Å². The van der Waals surface area contributed by atoms with E-state index in [0.29, 0.717) is 18.4 Å². The number of aliphatic carboxylic acids is 1. The average Bonchev–Trinajstić information content (AvgIpc) is 2.54. The monoisotopic (exact) mass is 346 g/mol. The van der Waals surface area contributed by atoms with E-state index in [4.69, 9.17) is 19.7 Å². The fraction of sp³-hybridized carbons (Fsp3) is 0.688. The summed E-state index contributed by atoms with van der Waals surface area (Å²) in [6.45, 7) is 3.00. The summed E-state index contributed by atoms with van der Waals surface area (Å²) in [6, 6.07) is 0. The lowest BCUT2D eigenvalue weighted by molar-refractivity contribution is -0.298. The first-order valence-corrected chi connectivity index (χ1v) is 7.75. The number of carbonyl (C=O) groups is 1. The van der Waals surface area contributed by atoms with Crippen molar-refractivity contribution >= 4 is 5.97 Å². The Morgan fingerprint density at radius 2 is 1.79 bits per heavy atom. The molecule has 5 atom stereocenters. The molecule has 0 saturated carbocycles. The van der Waals surface area contributed by atoms with Gasteiger partial charge in [0, 0.05) is 5.57 Å². The molecule has 0 radical (unpaired) electrons. The minimum atomic E-state index is -1.46. The number of aliphatic hydroxyl groups is 4. The predicted molar refractivity (Wildman–Crippen MR) is 84.1 cm³/mol. The lowest BCUT2D eigenvalue weighted by Gasteiger charge is -2.39. The lowest BCUT2D eigenvalue weighted by Crippen LogP contribution is -2.59. The highest BCUT2D eigenvalue weighted by molar-refractivity contribution is 5.85. The van der Waals surface area contributed by atoms with Crippen molar-refractivity contribution in [3.63, 3.8) is 0 Å². The molecule has 1 fully saturated rings. The molecule has 8 heteroatoms. The van der Waals surface area contributed by atoms with E-state index in [2.05, 4.69) is 0 Å². The van der Waals surface area contributed by atoms with E-state index in [1.807, 2.05) is 6.92 Å². The molecule has 1 rings (SSSR count). The van der Waals surface area contributed by atoms with E-state index in [1.165, 1.54) is 6.92 Å². The zero-order valence-electron chi connectivity index (χ0n) is 13.8. The van der Waals surface area contributed by atoms with Gasteiger partial charge in [-0.15, -0.1) is 0 Å². The Morgan fingerprint density at radius 3 is 2.38 bits per heavy atom. The van der Waals surface area contributed by atoms with E-state index in [0.717, 1.165) is 5.57 Å². The number of hydrogen-bond acceptors (Lipinski definition) is 7. The highest BCUT2D eigenvalue weighted by atomic mass is 16.7. The van der Waals surface area contributed by atoms with Crippen molar-refractivity contribution < 1.29 is 39.8 Å². The molecule has 0 aromatic heterocycles. The van der Waals surface area contributed by atoms with Crippen LogP contribution in [0.4, 0.5) is 0 Å². The van der Waals surface area contributed by atoms with E-state index in [-0.39, 0.29) is 6.61 Å². The molecular weight excluding hydrogens is 320 g/mol. The highest BCUT2D eigenvalue weighted by Crippen LogP contribution is 2.22. The van der Waals surface area contributed by atoms with Crippen LogP contribution in [0.25, 0.3) is 0 Å². The minimum absolute atomic E-state index is 0.107. The van der Waals surface area contributed by atoms with Crippen LogP contribution >= 0.6 is 0 Å². The lowest BCUT2D eigenvalue weighted by atomic mass is 9.99. The first-order chi connectivity index (χ1) is 11.3. The summed E-state index contributed by atoms with van der Waals surface area (Å²) in [5.74, 6) is -0.942. The van der Waals surface area contributed by atoms with Gasteiger partial charge in [-0.1, -0.05) is 17.7 Å². The van der Waals surface area contributed by atoms with E-state index < -0.39 is 43.3 Å². The molecule has 24 heavy (non-hydrogen) atoms. The number of allylic oxidation sites excluding steroid dienone is 2. The standard InChI is InChI=1S/C16H26O8/c1-9(4-3-5-10(2)15(21)22)6-7-23-16-14(20)13(19)12(18)11(8-17)24-16/h5-6,11-14,16-20H,3-4,7-8H2,1-2H3,(H,21,22)/b9-6-,10-5+/t11-,12-,13+,14-,16-/m1/s1. The smallest absolute Gasteiger partial charge is 0.330 e. The van der Waals surface area contributed by atoms with Crippen LogP contribution in [0.15, 0.2) is 23.3 Å². The maximum atomic E-state index is 10.7. The van der Waals surface area contributed by atoms with Crippen molar-refractivity contribution in [3.8, 4) is 0 Å². The number of ether oxygens (including phenoxy) is 2. The van der Waals surface area contributed by atoms with Crippen molar-refractivity contribution in [1.82, 2.24) is 0 Å². The summed E-state index contributed by atoms with van der Waals surface area (Å²) in [7, 11) is 0. The molecule has 0 amide bonds. The number of aliphatic hydroxyl groups excluding tert-OH is 4.